The van der Waals surface area contributed by atoms with Gasteiger partial charge in [0.2, 0.25) is 5.91 Å². The van der Waals surface area contributed by atoms with Crippen molar-refractivity contribution in [3.05, 3.63) is 59.7 Å². The predicted molar refractivity (Wildman–Crippen MR) is 128 cm³/mol. The lowest BCUT2D eigenvalue weighted by atomic mass is 9.68. The highest BCUT2D eigenvalue weighted by Crippen LogP contribution is 2.44. The summed E-state index contributed by atoms with van der Waals surface area (Å²) in [6, 6.07) is 16.2. The highest BCUT2D eigenvalue weighted by Gasteiger charge is 2.46. The second-order valence-corrected chi connectivity index (χ2v) is 9.36. The third-order valence-corrected chi connectivity index (χ3v) is 7.68. The number of carbonyl (C=O) groups is 3. The van der Waals surface area contributed by atoms with Crippen LogP contribution in [0.5, 0.6) is 0 Å². The maximum absolute atomic E-state index is 13.1. The maximum Gasteiger partial charge on any atom is 0.408 e. The normalized spacial score (nSPS) is 16.1. The average molecular weight is 465 g/mol. The Hall–Kier alpha value is -3.35. The summed E-state index contributed by atoms with van der Waals surface area (Å²) in [5, 5.41) is 15.1. The van der Waals surface area contributed by atoms with Crippen molar-refractivity contribution in [3.63, 3.8) is 0 Å². The van der Waals surface area contributed by atoms with Crippen LogP contribution in [0.15, 0.2) is 48.5 Å². The van der Waals surface area contributed by atoms with E-state index in [4.69, 9.17) is 4.74 Å². The number of benzene rings is 2. The van der Waals surface area contributed by atoms with Gasteiger partial charge in [0.1, 0.15) is 12.1 Å². The van der Waals surface area contributed by atoms with E-state index in [9.17, 15) is 19.5 Å². The van der Waals surface area contributed by atoms with Crippen LogP contribution in [0.2, 0.25) is 0 Å². The minimum absolute atomic E-state index is 0.0648. The van der Waals surface area contributed by atoms with Crippen LogP contribution in [0.25, 0.3) is 11.1 Å². The first-order chi connectivity index (χ1) is 16.4. The fourth-order valence-corrected chi connectivity index (χ4v) is 5.12. The van der Waals surface area contributed by atoms with Crippen molar-refractivity contribution in [2.45, 2.75) is 57.4 Å². The molecule has 34 heavy (non-hydrogen) atoms. The van der Waals surface area contributed by atoms with Gasteiger partial charge in [0.05, 0.1) is 5.41 Å². The smallest absolute Gasteiger partial charge is 0.408 e. The lowest BCUT2D eigenvalue weighted by Gasteiger charge is -2.39. The Labute approximate surface area is 199 Å². The molecule has 0 saturated heterocycles. The van der Waals surface area contributed by atoms with E-state index in [-0.39, 0.29) is 25.0 Å². The SMILES string of the molecule is CCC(CC)(NC(=O)OCC1c2ccccc2-c2ccccc21)C(=O)NCC1(C(=O)O)CCC1. The largest absolute Gasteiger partial charge is 0.481 e. The summed E-state index contributed by atoms with van der Waals surface area (Å²) in [4.78, 5) is 37.5. The third kappa shape index (κ3) is 4.15. The number of hydrogen-bond donors (Lipinski definition) is 3. The monoisotopic (exact) mass is 464 g/mol. The number of ether oxygens (including phenoxy) is 1. The van der Waals surface area contributed by atoms with Crippen LogP contribution in [-0.2, 0) is 14.3 Å². The number of carboxylic acids is 1. The van der Waals surface area contributed by atoms with Gasteiger partial charge in [0.25, 0.3) is 0 Å². The highest BCUT2D eigenvalue weighted by molar-refractivity contribution is 5.90. The van der Waals surface area contributed by atoms with Crippen molar-refractivity contribution in [3.8, 4) is 11.1 Å². The van der Waals surface area contributed by atoms with Crippen molar-refractivity contribution in [1.29, 1.82) is 0 Å². The lowest BCUT2D eigenvalue weighted by molar-refractivity contribution is -0.154. The van der Waals surface area contributed by atoms with E-state index < -0.39 is 23.0 Å². The van der Waals surface area contributed by atoms with E-state index in [0.29, 0.717) is 25.7 Å². The minimum Gasteiger partial charge on any atom is -0.481 e. The molecule has 3 N–H and O–H groups in total. The molecule has 2 aromatic carbocycles. The zero-order valence-corrected chi connectivity index (χ0v) is 19.7. The Kier molecular flexibility index (Phi) is 6.64. The molecule has 0 radical (unpaired) electrons. The predicted octanol–water partition coefficient (Wildman–Crippen LogP) is 4.46. The summed E-state index contributed by atoms with van der Waals surface area (Å²) < 4.78 is 5.64. The van der Waals surface area contributed by atoms with Crippen molar-refractivity contribution >= 4 is 18.0 Å². The topological polar surface area (TPSA) is 105 Å². The second kappa shape index (κ2) is 9.49. The summed E-state index contributed by atoms with van der Waals surface area (Å²) in [6.07, 6.45) is 2.00. The van der Waals surface area contributed by atoms with E-state index in [0.717, 1.165) is 28.7 Å². The fourth-order valence-electron chi connectivity index (χ4n) is 5.12. The molecule has 1 fully saturated rings. The van der Waals surface area contributed by atoms with Crippen molar-refractivity contribution in [1.82, 2.24) is 10.6 Å². The summed E-state index contributed by atoms with van der Waals surface area (Å²) in [5.74, 6) is -1.33. The van der Waals surface area contributed by atoms with Crippen molar-refractivity contribution in [2.24, 2.45) is 5.41 Å². The van der Waals surface area contributed by atoms with Gasteiger partial charge >= 0.3 is 12.1 Å². The van der Waals surface area contributed by atoms with Crippen LogP contribution in [0, 0.1) is 5.41 Å². The molecule has 4 rings (SSSR count). The number of hydrogen-bond acceptors (Lipinski definition) is 4. The van der Waals surface area contributed by atoms with Crippen LogP contribution in [0.4, 0.5) is 4.79 Å². The molecule has 2 aliphatic carbocycles. The molecule has 0 heterocycles. The van der Waals surface area contributed by atoms with Gasteiger partial charge in [0.15, 0.2) is 0 Å². The zero-order valence-electron chi connectivity index (χ0n) is 19.7. The molecular formula is C27H32N2O5. The first-order valence-electron chi connectivity index (χ1n) is 12.0. The van der Waals surface area contributed by atoms with Crippen molar-refractivity contribution < 1.29 is 24.2 Å². The molecule has 0 unspecified atom stereocenters. The Balaban J connectivity index is 1.41. The maximum atomic E-state index is 13.1. The quantitative estimate of drug-likeness (QED) is 0.508. The summed E-state index contributed by atoms with van der Waals surface area (Å²) in [5.41, 5.74) is 2.47. The van der Waals surface area contributed by atoms with Gasteiger partial charge in [-0.3, -0.25) is 9.59 Å². The van der Waals surface area contributed by atoms with Crippen LogP contribution < -0.4 is 10.6 Å². The number of fused-ring (bicyclic) bond motifs is 3. The Bertz CT molecular complexity index is 1040. The molecule has 0 aromatic heterocycles. The Morgan fingerprint density at radius 2 is 1.56 bits per heavy atom. The molecule has 0 atom stereocenters. The molecule has 180 valence electrons. The molecule has 0 bridgehead atoms. The number of nitrogens with one attached hydrogen (secondary N) is 2. The van der Waals surface area contributed by atoms with E-state index in [1.165, 1.54) is 0 Å². The summed E-state index contributed by atoms with van der Waals surface area (Å²) >= 11 is 0. The van der Waals surface area contributed by atoms with E-state index in [2.05, 4.69) is 34.9 Å². The zero-order chi connectivity index (χ0) is 24.3. The fraction of sp³-hybridized carbons (Fsp3) is 0.444. The summed E-state index contributed by atoms with van der Waals surface area (Å²) in [6.45, 7) is 3.87. The highest BCUT2D eigenvalue weighted by atomic mass is 16.5. The molecular weight excluding hydrogens is 432 g/mol. The molecule has 1 saturated carbocycles. The molecule has 0 spiro atoms. The van der Waals surface area contributed by atoms with Crippen LogP contribution in [0.1, 0.15) is 63.0 Å². The molecule has 2 amide bonds. The van der Waals surface area contributed by atoms with E-state index >= 15 is 0 Å². The number of carbonyl (C=O) groups excluding carboxylic acids is 2. The van der Waals surface area contributed by atoms with Crippen molar-refractivity contribution in [2.75, 3.05) is 13.2 Å². The van der Waals surface area contributed by atoms with Crippen LogP contribution >= 0.6 is 0 Å². The second-order valence-electron chi connectivity index (χ2n) is 9.36. The number of alkyl carbamates (subject to hydrolysis) is 1. The first kappa shape index (κ1) is 23.8. The van der Waals surface area contributed by atoms with Crippen LogP contribution in [-0.4, -0.2) is 41.8 Å². The van der Waals surface area contributed by atoms with Gasteiger partial charge in [-0.1, -0.05) is 68.8 Å². The van der Waals surface area contributed by atoms with Gasteiger partial charge in [-0.05, 0) is 47.9 Å². The number of aliphatic carboxylic acids is 1. The van der Waals surface area contributed by atoms with Crippen LogP contribution in [0.3, 0.4) is 0 Å². The van der Waals surface area contributed by atoms with E-state index in [1.807, 2.05) is 38.1 Å². The van der Waals surface area contributed by atoms with Gasteiger partial charge < -0.3 is 20.5 Å². The molecule has 2 aromatic rings. The van der Waals surface area contributed by atoms with Gasteiger partial charge in [-0.15, -0.1) is 0 Å². The number of carboxylic acid groups (broad SMARTS) is 1. The summed E-state index contributed by atoms with van der Waals surface area (Å²) in [7, 11) is 0. The van der Waals surface area contributed by atoms with E-state index in [1.54, 1.807) is 0 Å². The third-order valence-electron chi connectivity index (χ3n) is 7.68. The van der Waals surface area contributed by atoms with Gasteiger partial charge in [-0.25, -0.2) is 4.79 Å². The standard InChI is InChI=1S/C27H32N2O5/c1-3-27(4-2,23(30)28-17-26(24(31)32)14-9-15-26)29-25(33)34-16-22-20-12-7-5-10-18(20)19-11-6-8-13-21(19)22/h5-8,10-13,22H,3-4,9,14-17H2,1-2H3,(H,28,30)(H,29,33)(H,31,32). The Morgan fingerprint density at radius 3 is 2.03 bits per heavy atom. The molecule has 0 aliphatic heterocycles. The Morgan fingerprint density at radius 1 is 1.00 bits per heavy atom. The molecule has 7 nitrogen and oxygen atoms in total. The number of rotatable bonds is 9. The minimum atomic E-state index is -1.16. The number of amides is 2. The van der Waals surface area contributed by atoms with Gasteiger partial charge in [0, 0.05) is 12.5 Å². The molecule has 7 heteroatoms. The first-order valence-corrected chi connectivity index (χ1v) is 12.0. The average Bonchev–Trinajstić information content (AvgIpc) is 3.14. The van der Waals surface area contributed by atoms with Gasteiger partial charge in [-0.2, -0.15) is 0 Å². The lowest BCUT2D eigenvalue weighted by Crippen LogP contribution is -2.60. The molecule has 2 aliphatic rings.